The highest BCUT2D eigenvalue weighted by atomic mass is 16.1. The fraction of sp³-hybridized carbons (Fsp3) is 0.583. The second-order valence-corrected chi connectivity index (χ2v) is 3.73. The van der Waals surface area contributed by atoms with E-state index in [-0.39, 0.29) is 5.91 Å². The lowest BCUT2D eigenvalue weighted by molar-refractivity contribution is -0.121. The van der Waals surface area contributed by atoms with E-state index in [9.17, 15) is 4.79 Å². The number of carbonyl (C=O) groups excluding carboxylic acids is 1. The lowest BCUT2D eigenvalue weighted by Crippen LogP contribution is -2.24. The third kappa shape index (κ3) is 5.25. The topological polar surface area (TPSA) is 34.0 Å². The van der Waals surface area contributed by atoms with Crippen LogP contribution in [-0.4, -0.2) is 17.0 Å². The van der Waals surface area contributed by atoms with Gasteiger partial charge in [0.05, 0.1) is 0 Å². The van der Waals surface area contributed by atoms with Gasteiger partial charge in [-0.05, 0) is 25.0 Å². The van der Waals surface area contributed by atoms with Crippen LogP contribution < -0.4 is 5.32 Å². The molecule has 0 aliphatic carbocycles. The van der Waals surface area contributed by atoms with Crippen LogP contribution in [0, 0.1) is 0 Å². The molecule has 0 spiro atoms. The lowest BCUT2D eigenvalue weighted by Gasteiger charge is -2.04. The molecule has 0 aliphatic rings. The summed E-state index contributed by atoms with van der Waals surface area (Å²) in [4.78, 5) is 11.3. The molecule has 1 heterocycles. The van der Waals surface area contributed by atoms with Crippen molar-refractivity contribution in [2.45, 2.75) is 39.2 Å². The number of nitrogens with zero attached hydrogens (tertiary/aromatic N) is 1. The Bertz CT molecular complexity index is 267. The summed E-state index contributed by atoms with van der Waals surface area (Å²) in [6.07, 6.45) is 7.78. The van der Waals surface area contributed by atoms with Crippen LogP contribution in [-0.2, 0) is 11.3 Å². The average Bonchev–Trinajstić information content (AvgIpc) is 2.71. The Morgan fingerprint density at radius 2 is 2.00 bits per heavy atom. The van der Waals surface area contributed by atoms with E-state index in [1.807, 2.05) is 24.5 Å². The van der Waals surface area contributed by atoms with Crippen LogP contribution in [0.2, 0.25) is 0 Å². The van der Waals surface area contributed by atoms with Gasteiger partial charge in [-0.1, -0.05) is 13.3 Å². The van der Waals surface area contributed by atoms with Crippen molar-refractivity contribution >= 4 is 5.91 Å². The first-order valence-electron chi connectivity index (χ1n) is 5.70. The molecule has 0 atom stereocenters. The lowest BCUT2D eigenvalue weighted by atomic mass is 10.3. The Balaban J connectivity index is 2.02. The normalized spacial score (nSPS) is 10.2. The van der Waals surface area contributed by atoms with Crippen LogP contribution in [0.3, 0.4) is 0 Å². The Labute approximate surface area is 91.5 Å². The van der Waals surface area contributed by atoms with Gasteiger partial charge in [-0.25, -0.2) is 0 Å². The Hall–Kier alpha value is -1.25. The second-order valence-electron chi connectivity index (χ2n) is 3.73. The fourth-order valence-corrected chi connectivity index (χ4v) is 1.43. The van der Waals surface area contributed by atoms with E-state index >= 15 is 0 Å². The van der Waals surface area contributed by atoms with Crippen molar-refractivity contribution in [3.8, 4) is 0 Å². The molecular formula is C12H20N2O. The van der Waals surface area contributed by atoms with Gasteiger partial charge in [-0.15, -0.1) is 0 Å². The highest BCUT2D eigenvalue weighted by Gasteiger charge is 1.99. The smallest absolute Gasteiger partial charge is 0.220 e. The Kier molecular flexibility index (Phi) is 5.59. The average molecular weight is 208 g/mol. The molecule has 1 aromatic heterocycles. The summed E-state index contributed by atoms with van der Waals surface area (Å²) in [6, 6.07) is 4.00. The summed E-state index contributed by atoms with van der Waals surface area (Å²) in [6.45, 7) is 3.87. The molecule has 0 bridgehead atoms. The minimum Gasteiger partial charge on any atom is -0.356 e. The predicted octanol–water partition coefficient (Wildman–Crippen LogP) is 2.18. The van der Waals surface area contributed by atoms with Gasteiger partial charge in [0.15, 0.2) is 0 Å². The van der Waals surface area contributed by atoms with Gasteiger partial charge in [0.2, 0.25) is 5.91 Å². The summed E-state index contributed by atoms with van der Waals surface area (Å²) in [5.74, 6) is 0.176. The van der Waals surface area contributed by atoms with Crippen LogP contribution in [0.1, 0.15) is 32.6 Å². The number of carbonyl (C=O) groups is 1. The van der Waals surface area contributed by atoms with Crippen LogP contribution in [0.25, 0.3) is 0 Å². The first-order valence-corrected chi connectivity index (χ1v) is 5.70. The molecule has 1 N–H and O–H groups in total. The minimum atomic E-state index is 0.176. The summed E-state index contributed by atoms with van der Waals surface area (Å²) in [5, 5.41) is 2.92. The minimum absolute atomic E-state index is 0.176. The van der Waals surface area contributed by atoms with E-state index in [2.05, 4.69) is 16.8 Å². The van der Waals surface area contributed by atoms with Crippen LogP contribution >= 0.6 is 0 Å². The number of aryl methyl sites for hydroxylation is 1. The van der Waals surface area contributed by atoms with Gasteiger partial charge >= 0.3 is 0 Å². The zero-order valence-corrected chi connectivity index (χ0v) is 9.41. The van der Waals surface area contributed by atoms with Gasteiger partial charge < -0.3 is 9.88 Å². The third-order valence-corrected chi connectivity index (χ3v) is 2.34. The third-order valence-electron chi connectivity index (χ3n) is 2.34. The van der Waals surface area contributed by atoms with E-state index in [1.165, 1.54) is 0 Å². The number of hydrogen-bond acceptors (Lipinski definition) is 1. The SMILES string of the molecule is CCCCNC(=O)CCCn1cccc1. The summed E-state index contributed by atoms with van der Waals surface area (Å²) in [7, 11) is 0. The standard InChI is InChI=1S/C12H20N2O/c1-2-3-8-13-12(15)7-6-11-14-9-4-5-10-14/h4-5,9-10H,2-3,6-8,11H2,1H3,(H,13,15). The number of hydrogen-bond donors (Lipinski definition) is 1. The van der Waals surface area contributed by atoms with Crippen LogP contribution in [0.5, 0.6) is 0 Å². The predicted molar refractivity (Wildman–Crippen MR) is 61.6 cm³/mol. The summed E-state index contributed by atoms with van der Waals surface area (Å²) in [5.41, 5.74) is 0. The summed E-state index contributed by atoms with van der Waals surface area (Å²) < 4.78 is 2.10. The largest absolute Gasteiger partial charge is 0.356 e. The monoisotopic (exact) mass is 208 g/mol. The van der Waals surface area contributed by atoms with Crippen molar-refractivity contribution in [3.63, 3.8) is 0 Å². The van der Waals surface area contributed by atoms with E-state index < -0.39 is 0 Å². The first kappa shape index (κ1) is 11.8. The Morgan fingerprint density at radius 1 is 1.27 bits per heavy atom. The maximum absolute atomic E-state index is 11.3. The fourth-order valence-electron chi connectivity index (χ4n) is 1.43. The molecule has 1 rings (SSSR count). The van der Waals surface area contributed by atoms with E-state index in [1.54, 1.807) is 0 Å². The molecule has 0 saturated heterocycles. The molecule has 3 heteroatoms. The number of nitrogens with one attached hydrogen (secondary N) is 1. The van der Waals surface area contributed by atoms with Gasteiger partial charge in [0.25, 0.3) is 0 Å². The molecule has 1 aromatic rings. The van der Waals surface area contributed by atoms with Gasteiger partial charge in [-0.3, -0.25) is 4.79 Å². The molecule has 84 valence electrons. The molecular weight excluding hydrogens is 188 g/mol. The molecule has 0 radical (unpaired) electrons. The van der Waals surface area contributed by atoms with E-state index in [0.29, 0.717) is 6.42 Å². The molecule has 0 aromatic carbocycles. The number of amides is 1. The van der Waals surface area contributed by atoms with Crippen molar-refractivity contribution in [2.24, 2.45) is 0 Å². The zero-order valence-electron chi connectivity index (χ0n) is 9.41. The van der Waals surface area contributed by atoms with Crippen LogP contribution in [0.15, 0.2) is 24.5 Å². The maximum atomic E-state index is 11.3. The number of aromatic nitrogens is 1. The van der Waals surface area contributed by atoms with Gasteiger partial charge in [0.1, 0.15) is 0 Å². The van der Waals surface area contributed by atoms with Crippen molar-refractivity contribution in [1.82, 2.24) is 9.88 Å². The maximum Gasteiger partial charge on any atom is 0.220 e. The molecule has 0 unspecified atom stereocenters. The van der Waals surface area contributed by atoms with Crippen LogP contribution in [0.4, 0.5) is 0 Å². The molecule has 15 heavy (non-hydrogen) atoms. The Morgan fingerprint density at radius 3 is 2.67 bits per heavy atom. The number of rotatable bonds is 7. The van der Waals surface area contributed by atoms with Gasteiger partial charge in [-0.2, -0.15) is 0 Å². The van der Waals surface area contributed by atoms with E-state index in [0.717, 1.165) is 32.4 Å². The quantitative estimate of drug-likeness (QED) is 0.685. The molecule has 0 saturated carbocycles. The van der Waals surface area contributed by atoms with Gasteiger partial charge in [0, 0.05) is 31.9 Å². The first-order chi connectivity index (χ1) is 7.33. The van der Waals surface area contributed by atoms with Crippen molar-refractivity contribution in [2.75, 3.05) is 6.54 Å². The molecule has 0 aliphatic heterocycles. The zero-order chi connectivity index (χ0) is 10.9. The van der Waals surface area contributed by atoms with E-state index in [4.69, 9.17) is 0 Å². The van der Waals surface area contributed by atoms with Crippen molar-refractivity contribution < 1.29 is 4.79 Å². The highest BCUT2D eigenvalue weighted by Crippen LogP contribution is 1.96. The summed E-state index contributed by atoms with van der Waals surface area (Å²) >= 11 is 0. The van der Waals surface area contributed by atoms with Crippen molar-refractivity contribution in [3.05, 3.63) is 24.5 Å². The second kappa shape index (κ2) is 7.10. The molecule has 1 amide bonds. The molecule has 3 nitrogen and oxygen atoms in total. The van der Waals surface area contributed by atoms with Crippen molar-refractivity contribution in [1.29, 1.82) is 0 Å². The highest BCUT2D eigenvalue weighted by molar-refractivity contribution is 5.75. The molecule has 0 fully saturated rings. The number of unbranched alkanes of at least 4 members (excludes halogenated alkanes) is 1.